The SMILES string of the molecule is COc1ccc(Sc2nc(N)c(C#N)c(-c3ccccc3)c2C#N)cc1. The lowest BCUT2D eigenvalue weighted by Crippen LogP contribution is -2.03. The van der Waals surface area contributed by atoms with E-state index in [9.17, 15) is 10.5 Å². The minimum absolute atomic E-state index is 0.112. The van der Waals surface area contributed by atoms with Crippen molar-refractivity contribution in [1.29, 1.82) is 10.5 Å². The van der Waals surface area contributed by atoms with Gasteiger partial charge in [-0.05, 0) is 29.8 Å². The monoisotopic (exact) mass is 358 g/mol. The maximum Gasteiger partial charge on any atom is 0.143 e. The lowest BCUT2D eigenvalue weighted by molar-refractivity contribution is 0.414. The smallest absolute Gasteiger partial charge is 0.143 e. The maximum absolute atomic E-state index is 9.76. The minimum Gasteiger partial charge on any atom is -0.497 e. The number of nitrogens with two attached hydrogens (primary N) is 1. The van der Waals surface area contributed by atoms with Crippen LogP contribution < -0.4 is 10.5 Å². The van der Waals surface area contributed by atoms with Gasteiger partial charge in [-0.3, -0.25) is 0 Å². The second-order valence-corrected chi connectivity index (χ2v) is 6.36. The lowest BCUT2D eigenvalue weighted by Gasteiger charge is -2.13. The van der Waals surface area contributed by atoms with E-state index in [4.69, 9.17) is 10.5 Å². The van der Waals surface area contributed by atoms with Gasteiger partial charge >= 0.3 is 0 Å². The highest BCUT2D eigenvalue weighted by molar-refractivity contribution is 7.99. The predicted molar refractivity (Wildman–Crippen MR) is 101 cm³/mol. The van der Waals surface area contributed by atoms with Crippen molar-refractivity contribution >= 4 is 17.6 Å². The molecule has 126 valence electrons. The quantitative estimate of drug-likeness (QED) is 0.749. The summed E-state index contributed by atoms with van der Waals surface area (Å²) in [5.74, 6) is 0.855. The number of anilines is 1. The van der Waals surface area contributed by atoms with Crippen LogP contribution in [0.25, 0.3) is 11.1 Å². The van der Waals surface area contributed by atoms with Gasteiger partial charge in [-0.1, -0.05) is 42.1 Å². The van der Waals surface area contributed by atoms with Crippen molar-refractivity contribution in [3.63, 3.8) is 0 Å². The molecule has 0 spiro atoms. The van der Waals surface area contributed by atoms with Crippen LogP contribution in [-0.2, 0) is 0 Å². The van der Waals surface area contributed by atoms with Crippen molar-refractivity contribution in [1.82, 2.24) is 4.98 Å². The number of benzene rings is 2. The highest BCUT2D eigenvalue weighted by Gasteiger charge is 2.20. The largest absolute Gasteiger partial charge is 0.497 e. The normalized spacial score (nSPS) is 9.96. The van der Waals surface area contributed by atoms with E-state index >= 15 is 0 Å². The van der Waals surface area contributed by atoms with Gasteiger partial charge in [-0.2, -0.15) is 10.5 Å². The number of pyridine rings is 1. The summed E-state index contributed by atoms with van der Waals surface area (Å²) in [4.78, 5) is 5.19. The van der Waals surface area contributed by atoms with Gasteiger partial charge in [-0.15, -0.1) is 0 Å². The Kier molecular flexibility index (Phi) is 5.07. The Morgan fingerprint density at radius 2 is 1.62 bits per heavy atom. The van der Waals surface area contributed by atoms with Gasteiger partial charge in [0.25, 0.3) is 0 Å². The molecule has 0 fully saturated rings. The number of hydrogen-bond donors (Lipinski definition) is 1. The Morgan fingerprint density at radius 3 is 2.19 bits per heavy atom. The molecule has 2 N–H and O–H groups in total. The molecule has 6 heteroatoms. The predicted octanol–water partition coefficient (Wildman–Crippen LogP) is 4.23. The second kappa shape index (κ2) is 7.60. The number of hydrogen-bond acceptors (Lipinski definition) is 6. The number of nitriles is 2. The molecule has 0 unspecified atom stereocenters. The summed E-state index contributed by atoms with van der Waals surface area (Å²) in [6.45, 7) is 0. The third-order valence-corrected chi connectivity index (χ3v) is 4.75. The van der Waals surface area contributed by atoms with E-state index in [0.29, 0.717) is 16.2 Å². The van der Waals surface area contributed by atoms with Gasteiger partial charge in [0.05, 0.1) is 12.7 Å². The third-order valence-electron chi connectivity index (χ3n) is 3.75. The summed E-state index contributed by atoms with van der Waals surface area (Å²) in [5.41, 5.74) is 7.84. The first kappa shape index (κ1) is 17.3. The van der Waals surface area contributed by atoms with Crippen LogP contribution in [0, 0.1) is 22.7 Å². The van der Waals surface area contributed by atoms with Crippen molar-refractivity contribution in [2.75, 3.05) is 12.8 Å². The summed E-state index contributed by atoms with van der Waals surface area (Å²) >= 11 is 1.32. The molecule has 0 radical (unpaired) electrons. The van der Waals surface area contributed by atoms with E-state index < -0.39 is 0 Å². The molecule has 0 aliphatic heterocycles. The number of methoxy groups -OCH3 is 1. The molecule has 1 aromatic heterocycles. The van der Waals surface area contributed by atoms with Crippen LogP contribution in [0.5, 0.6) is 5.75 Å². The van der Waals surface area contributed by atoms with Gasteiger partial charge in [-0.25, -0.2) is 4.98 Å². The van der Waals surface area contributed by atoms with Crippen molar-refractivity contribution < 1.29 is 4.74 Å². The Morgan fingerprint density at radius 1 is 0.962 bits per heavy atom. The third kappa shape index (κ3) is 3.32. The topological polar surface area (TPSA) is 95.7 Å². The van der Waals surface area contributed by atoms with Gasteiger partial charge < -0.3 is 10.5 Å². The first-order chi connectivity index (χ1) is 12.7. The van der Waals surface area contributed by atoms with Crippen LogP contribution >= 0.6 is 11.8 Å². The number of aromatic nitrogens is 1. The zero-order chi connectivity index (χ0) is 18.5. The standard InChI is InChI=1S/C20H14N4OS/c1-25-14-7-9-15(10-8-14)26-20-17(12-22)18(13-5-3-2-4-6-13)16(11-21)19(23)24-20/h2-10H,1H3,(H2,23,24). The number of ether oxygens (including phenoxy) is 1. The maximum atomic E-state index is 9.76. The minimum atomic E-state index is 0.112. The van der Waals surface area contributed by atoms with Crippen LogP contribution in [0.2, 0.25) is 0 Å². The molecule has 0 aliphatic carbocycles. The second-order valence-electron chi connectivity index (χ2n) is 5.29. The molecule has 0 amide bonds. The van der Waals surface area contributed by atoms with E-state index in [0.717, 1.165) is 16.2 Å². The van der Waals surface area contributed by atoms with Crippen molar-refractivity contribution in [2.24, 2.45) is 0 Å². The molecule has 1 heterocycles. The first-order valence-corrected chi connectivity index (χ1v) is 8.50. The van der Waals surface area contributed by atoms with Crippen molar-refractivity contribution in [2.45, 2.75) is 9.92 Å². The van der Waals surface area contributed by atoms with Crippen LogP contribution in [0.3, 0.4) is 0 Å². The zero-order valence-electron chi connectivity index (χ0n) is 13.9. The Labute approximate surface area is 155 Å². The van der Waals surface area contributed by atoms with Crippen LogP contribution in [0.15, 0.2) is 64.5 Å². The molecule has 2 aromatic carbocycles. The number of nitrogen functional groups attached to an aromatic ring is 1. The Bertz CT molecular complexity index is 1020. The molecule has 3 aromatic rings. The molecule has 3 rings (SSSR count). The molecule has 0 aliphatic rings. The molecular weight excluding hydrogens is 344 g/mol. The Balaban J connectivity index is 2.16. The van der Waals surface area contributed by atoms with Gasteiger partial charge in [0.15, 0.2) is 0 Å². The fourth-order valence-corrected chi connectivity index (χ4v) is 3.41. The molecule has 0 atom stereocenters. The van der Waals surface area contributed by atoms with E-state index in [1.807, 2.05) is 54.6 Å². The molecule has 0 bridgehead atoms. The van der Waals surface area contributed by atoms with Crippen molar-refractivity contribution in [3.05, 3.63) is 65.7 Å². The molecule has 26 heavy (non-hydrogen) atoms. The first-order valence-electron chi connectivity index (χ1n) is 7.69. The average Bonchev–Trinajstić information content (AvgIpc) is 2.69. The van der Waals surface area contributed by atoms with Crippen molar-refractivity contribution in [3.8, 4) is 29.0 Å². The molecule has 0 saturated carbocycles. The lowest BCUT2D eigenvalue weighted by atomic mass is 9.97. The summed E-state index contributed by atoms with van der Waals surface area (Å²) in [6.07, 6.45) is 0. The summed E-state index contributed by atoms with van der Waals surface area (Å²) in [7, 11) is 1.60. The summed E-state index contributed by atoms with van der Waals surface area (Å²) in [6, 6.07) is 21.0. The fraction of sp³-hybridized carbons (Fsp3) is 0.0500. The highest BCUT2D eigenvalue weighted by atomic mass is 32.2. The van der Waals surface area contributed by atoms with E-state index in [1.165, 1.54) is 11.8 Å². The van der Waals surface area contributed by atoms with E-state index in [1.54, 1.807) is 7.11 Å². The molecule has 5 nitrogen and oxygen atoms in total. The highest BCUT2D eigenvalue weighted by Crippen LogP contribution is 2.38. The van der Waals surface area contributed by atoms with E-state index in [2.05, 4.69) is 17.1 Å². The Hall–Kier alpha value is -3.48. The van der Waals surface area contributed by atoms with Gasteiger partial charge in [0, 0.05) is 10.5 Å². The summed E-state index contributed by atoms with van der Waals surface area (Å²) in [5, 5.41) is 19.7. The van der Waals surface area contributed by atoms with Gasteiger partial charge in [0.1, 0.15) is 34.3 Å². The number of rotatable bonds is 4. The number of nitrogens with zero attached hydrogens (tertiary/aromatic N) is 3. The van der Waals surface area contributed by atoms with Crippen LogP contribution in [-0.4, -0.2) is 12.1 Å². The summed E-state index contributed by atoms with van der Waals surface area (Å²) < 4.78 is 5.16. The van der Waals surface area contributed by atoms with Crippen LogP contribution in [0.1, 0.15) is 11.1 Å². The average molecular weight is 358 g/mol. The molecular formula is C20H14N4OS. The fourth-order valence-electron chi connectivity index (χ4n) is 2.52. The van der Waals surface area contributed by atoms with E-state index in [-0.39, 0.29) is 11.4 Å². The molecule has 0 saturated heterocycles. The van der Waals surface area contributed by atoms with Crippen LogP contribution in [0.4, 0.5) is 5.82 Å². The van der Waals surface area contributed by atoms with Gasteiger partial charge in [0.2, 0.25) is 0 Å². The zero-order valence-corrected chi connectivity index (χ0v) is 14.7.